The third-order valence-corrected chi connectivity index (χ3v) is 4.23. The lowest BCUT2D eigenvalue weighted by atomic mass is 10.0. The molecule has 20 heavy (non-hydrogen) atoms. The van der Waals surface area contributed by atoms with Crippen LogP contribution in [0.2, 0.25) is 0 Å². The molecule has 1 aliphatic heterocycles. The van der Waals surface area contributed by atoms with Crippen molar-refractivity contribution in [3.05, 3.63) is 24.3 Å². The summed E-state index contributed by atoms with van der Waals surface area (Å²) in [6.07, 6.45) is 4.62. The molecular weight excluding hydrogens is 254 g/mol. The summed E-state index contributed by atoms with van der Waals surface area (Å²) in [6, 6.07) is 7.64. The minimum absolute atomic E-state index is 0.0941. The molecule has 0 atom stereocenters. The Morgan fingerprint density at radius 1 is 1.15 bits per heavy atom. The zero-order valence-corrected chi connectivity index (χ0v) is 11.9. The lowest BCUT2D eigenvalue weighted by Gasteiger charge is -2.40. The number of hydrogen-bond acceptors (Lipinski definition) is 3. The van der Waals surface area contributed by atoms with Crippen LogP contribution in [0.3, 0.4) is 0 Å². The molecule has 2 fully saturated rings. The fourth-order valence-electron chi connectivity index (χ4n) is 3.02. The van der Waals surface area contributed by atoms with E-state index in [2.05, 4.69) is 0 Å². The van der Waals surface area contributed by atoms with Gasteiger partial charge in [-0.3, -0.25) is 4.79 Å². The second kappa shape index (κ2) is 5.73. The third-order valence-electron chi connectivity index (χ3n) is 4.23. The maximum absolute atomic E-state index is 12.2. The summed E-state index contributed by atoms with van der Waals surface area (Å²) < 4.78 is 11.2. The van der Waals surface area contributed by atoms with Gasteiger partial charge in [-0.05, 0) is 25.0 Å². The minimum atomic E-state index is 0.0941. The number of likely N-dealkylation sites (tertiary alicyclic amines) is 1. The zero-order chi connectivity index (χ0) is 13.9. The van der Waals surface area contributed by atoms with Crippen LogP contribution in [-0.2, 0) is 4.79 Å². The highest BCUT2D eigenvalue weighted by atomic mass is 16.5. The summed E-state index contributed by atoms with van der Waals surface area (Å²) in [5.41, 5.74) is 0. The van der Waals surface area contributed by atoms with E-state index >= 15 is 0 Å². The Bertz CT molecular complexity index is 476. The van der Waals surface area contributed by atoms with Crippen LogP contribution in [0.5, 0.6) is 11.5 Å². The van der Waals surface area contributed by atoms with Gasteiger partial charge in [-0.25, -0.2) is 0 Å². The Labute approximate surface area is 119 Å². The van der Waals surface area contributed by atoms with Crippen LogP contribution < -0.4 is 9.47 Å². The number of carbonyl (C=O) groups excluding carboxylic acids is 1. The van der Waals surface area contributed by atoms with Crippen molar-refractivity contribution >= 4 is 5.91 Å². The molecule has 0 aromatic heterocycles. The van der Waals surface area contributed by atoms with E-state index in [1.165, 1.54) is 12.8 Å². The van der Waals surface area contributed by atoms with Gasteiger partial charge in [-0.15, -0.1) is 0 Å². The quantitative estimate of drug-likeness (QED) is 0.847. The van der Waals surface area contributed by atoms with Crippen molar-refractivity contribution in [2.24, 2.45) is 5.92 Å². The summed E-state index contributed by atoms with van der Waals surface area (Å²) in [5.74, 6) is 2.09. The molecule has 4 heteroatoms. The molecule has 0 unspecified atom stereocenters. The molecule has 1 amide bonds. The molecule has 1 aliphatic carbocycles. The normalized spacial score (nSPS) is 19.8. The van der Waals surface area contributed by atoms with Gasteiger partial charge in [0.1, 0.15) is 6.10 Å². The highest BCUT2D eigenvalue weighted by Crippen LogP contribution is 2.31. The maximum atomic E-state index is 12.2. The summed E-state index contributed by atoms with van der Waals surface area (Å²) >= 11 is 0. The molecule has 0 bridgehead atoms. The molecular formula is C16H21NO3. The van der Waals surface area contributed by atoms with Gasteiger partial charge in [0, 0.05) is 5.92 Å². The van der Waals surface area contributed by atoms with Crippen molar-refractivity contribution in [2.45, 2.75) is 31.8 Å². The second-order valence-corrected chi connectivity index (χ2v) is 5.62. The number of rotatable bonds is 4. The molecule has 1 saturated carbocycles. The van der Waals surface area contributed by atoms with Gasteiger partial charge < -0.3 is 14.4 Å². The standard InChI is InChI=1S/C16H21NO3/c1-19-14-8-4-5-9-15(14)20-13-10-17(11-13)16(18)12-6-2-3-7-12/h4-5,8-9,12-13H,2-3,6-7,10-11H2,1H3. The first-order valence-corrected chi connectivity index (χ1v) is 7.36. The van der Waals surface area contributed by atoms with Crippen molar-refractivity contribution < 1.29 is 14.3 Å². The SMILES string of the molecule is COc1ccccc1OC1CN(C(=O)C2CCCC2)C1. The maximum Gasteiger partial charge on any atom is 0.225 e. The lowest BCUT2D eigenvalue weighted by molar-refractivity contribution is -0.144. The number of methoxy groups -OCH3 is 1. The average molecular weight is 275 g/mol. The Hall–Kier alpha value is -1.71. The van der Waals surface area contributed by atoms with E-state index in [4.69, 9.17) is 9.47 Å². The fraction of sp³-hybridized carbons (Fsp3) is 0.562. The molecule has 0 N–H and O–H groups in total. The highest BCUT2D eigenvalue weighted by molar-refractivity contribution is 5.80. The van der Waals surface area contributed by atoms with Crippen LogP contribution in [-0.4, -0.2) is 37.1 Å². The number of nitrogens with zero attached hydrogens (tertiary/aromatic N) is 1. The molecule has 108 valence electrons. The van der Waals surface area contributed by atoms with E-state index in [0.29, 0.717) is 19.0 Å². The lowest BCUT2D eigenvalue weighted by Crippen LogP contribution is -2.57. The van der Waals surface area contributed by atoms with Crippen LogP contribution in [0.1, 0.15) is 25.7 Å². The number of hydrogen-bond donors (Lipinski definition) is 0. The van der Waals surface area contributed by atoms with E-state index in [0.717, 1.165) is 24.3 Å². The van der Waals surface area contributed by atoms with Crippen LogP contribution >= 0.6 is 0 Å². The number of para-hydroxylation sites is 2. The highest BCUT2D eigenvalue weighted by Gasteiger charge is 2.36. The molecule has 2 aliphatic rings. The fourth-order valence-corrected chi connectivity index (χ4v) is 3.02. The molecule has 1 aromatic carbocycles. The van der Waals surface area contributed by atoms with Crippen LogP contribution in [0, 0.1) is 5.92 Å². The molecule has 1 saturated heterocycles. The third kappa shape index (κ3) is 2.60. The number of benzene rings is 1. The van der Waals surface area contributed by atoms with Crippen LogP contribution in [0.25, 0.3) is 0 Å². The van der Waals surface area contributed by atoms with E-state index in [1.807, 2.05) is 29.2 Å². The summed E-state index contributed by atoms with van der Waals surface area (Å²) in [6.45, 7) is 1.40. The van der Waals surface area contributed by atoms with Gasteiger partial charge in [0.05, 0.1) is 20.2 Å². The summed E-state index contributed by atoms with van der Waals surface area (Å²) in [5, 5.41) is 0. The van der Waals surface area contributed by atoms with Gasteiger partial charge in [-0.1, -0.05) is 25.0 Å². The predicted octanol–water partition coefficient (Wildman–Crippen LogP) is 2.48. The number of carbonyl (C=O) groups is 1. The zero-order valence-electron chi connectivity index (χ0n) is 11.9. The second-order valence-electron chi connectivity index (χ2n) is 5.62. The van der Waals surface area contributed by atoms with Crippen molar-refractivity contribution in [3.63, 3.8) is 0 Å². The Morgan fingerprint density at radius 2 is 1.80 bits per heavy atom. The van der Waals surface area contributed by atoms with Gasteiger partial charge in [0.2, 0.25) is 5.91 Å². The monoisotopic (exact) mass is 275 g/mol. The van der Waals surface area contributed by atoms with Crippen molar-refractivity contribution in [2.75, 3.05) is 20.2 Å². The molecule has 1 heterocycles. The van der Waals surface area contributed by atoms with E-state index in [1.54, 1.807) is 7.11 Å². The minimum Gasteiger partial charge on any atom is -0.493 e. The molecule has 1 aromatic rings. The topological polar surface area (TPSA) is 38.8 Å². The van der Waals surface area contributed by atoms with E-state index < -0.39 is 0 Å². The first kappa shape index (κ1) is 13.3. The Morgan fingerprint density at radius 3 is 2.45 bits per heavy atom. The van der Waals surface area contributed by atoms with Crippen molar-refractivity contribution in [1.82, 2.24) is 4.90 Å². The first-order valence-electron chi connectivity index (χ1n) is 7.36. The number of amides is 1. The van der Waals surface area contributed by atoms with Gasteiger partial charge in [0.15, 0.2) is 11.5 Å². The van der Waals surface area contributed by atoms with E-state index in [-0.39, 0.29) is 12.0 Å². The summed E-state index contributed by atoms with van der Waals surface area (Å²) in [7, 11) is 1.64. The Kier molecular flexibility index (Phi) is 3.81. The smallest absolute Gasteiger partial charge is 0.225 e. The first-order chi connectivity index (χ1) is 9.78. The van der Waals surface area contributed by atoms with Crippen molar-refractivity contribution in [3.8, 4) is 11.5 Å². The van der Waals surface area contributed by atoms with Gasteiger partial charge >= 0.3 is 0 Å². The average Bonchev–Trinajstić information content (AvgIpc) is 2.96. The predicted molar refractivity (Wildman–Crippen MR) is 75.9 cm³/mol. The van der Waals surface area contributed by atoms with Crippen LogP contribution in [0.15, 0.2) is 24.3 Å². The Balaban J connectivity index is 1.51. The molecule has 0 radical (unpaired) electrons. The van der Waals surface area contributed by atoms with E-state index in [9.17, 15) is 4.79 Å². The van der Waals surface area contributed by atoms with Crippen LogP contribution in [0.4, 0.5) is 0 Å². The molecule has 3 rings (SSSR count). The van der Waals surface area contributed by atoms with Gasteiger partial charge in [0.25, 0.3) is 0 Å². The summed E-state index contributed by atoms with van der Waals surface area (Å²) in [4.78, 5) is 14.1. The molecule has 4 nitrogen and oxygen atoms in total. The van der Waals surface area contributed by atoms with Crippen molar-refractivity contribution in [1.29, 1.82) is 0 Å². The number of ether oxygens (including phenoxy) is 2. The largest absolute Gasteiger partial charge is 0.493 e. The molecule has 0 spiro atoms. The van der Waals surface area contributed by atoms with Gasteiger partial charge in [-0.2, -0.15) is 0 Å².